The number of piperidine rings is 1. The molecule has 1 atom stereocenters. The minimum atomic E-state index is -0.805. The summed E-state index contributed by atoms with van der Waals surface area (Å²) in [6, 6.07) is 4.10. The van der Waals surface area contributed by atoms with Crippen molar-refractivity contribution in [2.45, 2.75) is 38.5 Å². The lowest BCUT2D eigenvalue weighted by Crippen LogP contribution is -2.41. The first kappa shape index (κ1) is 18.3. The molecule has 0 aliphatic carbocycles. The molecule has 0 spiro atoms. The molecular weight excluding hydrogens is 326 g/mol. The van der Waals surface area contributed by atoms with Gasteiger partial charge in [0.1, 0.15) is 0 Å². The molecule has 1 unspecified atom stereocenters. The molecule has 0 N–H and O–H groups in total. The van der Waals surface area contributed by atoms with Crippen LogP contribution in [-0.2, 0) is 16.1 Å². The maximum absolute atomic E-state index is 13.3. The first-order valence-corrected chi connectivity index (χ1v) is 9.21. The highest BCUT2D eigenvalue weighted by atomic mass is 19.2. The van der Waals surface area contributed by atoms with E-state index in [-0.39, 0.29) is 5.91 Å². The van der Waals surface area contributed by atoms with Gasteiger partial charge in [-0.25, -0.2) is 8.78 Å². The first-order valence-electron chi connectivity index (χ1n) is 9.21. The highest BCUT2D eigenvalue weighted by molar-refractivity contribution is 5.76. The summed E-state index contributed by atoms with van der Waals surface area (Å²) in [4.78, 5) is 19.8. The van der Waals surface area contributed by atoms with Crippen LogP contribution < -0.4 is 0 Å². The summed E-state index contributed by atoms with van der Waals surface area (Å²) in [6.07, 6.45) is 5.23. The minimum Gasteiger partial charge on any atom is -0.342 e. The fourth-order valence-corrected chi connectivity index (χ4v) is 3.65. The first-order chi connectivity index (χ1) is 12.1. The van der Waals surface area contributed by atoms with Crippen molar-refractivity contribution in [1.29, 1.82) is 0 Å². The number of likely N-dealkylation sites (tertiary alicyclic amines) is 1. The molecule has 0 aromatic heterocycles. The molecule has 0 radical (unpaired) electrons. The van der Waals surface area contributed by atoms with Crippen LogP contribution in [0.5, 0.6) is 0 Å². The van der Waals surface area contributed by atoms with E-state index in [1.807, 2.05) is 9.96 Å². The molecule has 1 aromatic carbocycles. The molecule has 2 aliphatic rings. The molecule has 4 nitrogen and oxygen atoms in total. The second-order valence-corrected chi connectivity index (χ2v) is 7.00. The molecule has 3 rings (SSSR count). The second-order valence-electron chi connectivity index (χ2n) is 7.00. The van der Waals surface area contributed by atoms with E-state index >= 15 is 0 Å². The van der Waals surface area contributed by atoms with Crippen LogP contribution in [0.2, 0.25) is 0 Å². The third kappa shape index (κ3) is 5.22. The topological polar surface area (TPSA) is 32.8 Å². The van der Waals surface area contributed by atoms with E-state index in [9.17, 15) is 13.6 Å². The van der Waals surface area contributed by atoms with E-state index < -0.39 is 11.6 Å². The normalized spacial score (nSPS) is 21.7. The molecule has 2 aliphatic heterocycles. The van der Waals surface area contributed by atoms with Crippen molar-refractivity contribution in [2.24, 2.45) is 5.92 Å². The molecule has 1 aromatic rings. The number of aryl methyl sites for hydroxylation is 1. The molecule has 2 saturated heterocycles. The van der Waals surface area contributed by atoms with Gasteiger partial charge in [-0.1, -0.05) is 6.07 Å². The van der Waals surface area contributed by atoms with E-state index in [1.165, 1.54) is 12.1 Å². The molecule has 138 valence electrons. The Balaban J connectivity index is 1.43. The molecule has 6 heteroatoms. The number of carbonyl (C=O) groups is 1. The van der Waals surface area contributed by atoms with E-state index in [0.29, 0.717) is 25.3 Å². The number of amides is 1. The quantitative estimate of drug-likeness (QED) is 0.788. The number of halogens is 2. The van der Waals surface area contributed by atoms with Gasteiger partial charge in [-0.2, -0.15) is 5.06 Å². The number of hydroxylamine groups is 2. The Kier molecular flexibility index (Phi) is 6.37. The van der Waals surface area contributed by atoms with Gasteiger partial charge >= 0.3 is 0 Å². The number of carbonyl (C=O) groups excluding carboxylic acids is 1. The Hall–Kier alpha value is -1.53. The van der Waals surface area contributed by atoms with Gasteiger partial charge in [-0.15, -0.1) is 0 Å². The van der Waals surface area contributed by atoms with Crippen molar-refractivity contribution in [3.8, 4) is 0 Å². The Morgan fingerprint density at radius 1 is 1.20 bits per heavy atom. The molecule has 0 saturated carbocycles. The molecule has 2 heterocycles. The number of hydrogen-bond acceptors (Lipinski definition) is 3. The average Bonchev–Trinajstić information content (AvgIpc) is 3.14. The lowest BCUT2D eigenvalue weighted by atomic mass is 9.91. The highest BCUT2D eigenvalue weighted by Gasteiger charge is 2.24. The van der Waals surface area contributed by atoms with Gasteiger partial charge in [0.05, 0.1) is 6.61 Å². The van der Waals surface area contributed by atoms with Crippen molar-refractivity contribution < 1.29 is 18.4 Å². The summed E-state index contributed by atoms with van der Waals surface area (Å²) >= 11 is 0. The van der Waals surface area contributed by atoms with Crippen LogP contribution >= 0.6 is 0 Å². The molecule has 0 bridgehead atoms. The summed E-state index contributed by atoms with van der Waals surface area (Å²) in [5.41, 5.74) is 0.813. The highest BCUT2D eigenvalue weighted by Crippen LogP contribution is 2.23. The molecule has 2 fully saturated rings. The monoisotopic (exact) mass is 352 g/mol. The van der Waals surface area contributed by atoms with E-state index in [1.54, 1.807) is 6.07 Å². The van der Waals surface area contributed by atoms with Crippen LogP contribution in [0.4, 0.5) is 8.78 Å². The maximum atomic E-state index is 13.3. The summed E-state index contributed by atoms with van der Waals surface area (Å²) < 4.78 is 26.3. The summed E-state index contributed by atoms with van der Waals surface area (Å²) in [5, 5.41) is 1.88. The number of nitrogens with zero attached hydrogens (tertiary/aromatic N) is 2. The van der Waals surface area contributed by atoms with Crippen molar-refractivity contribution in [2.75, 3.05) is 32.8 Å². The molecular formula is C19H26F2N2O2. The van der Waals surface area contributed by atoms with Gasteiger partial charge in [0.25, 0.3) is 0 Å². The van der Waals surface area contributed by atoms with Crippen LogP contribution in [0.3, 0.4) is 0 Å². The fraction of sp³-hybridized carbons (Fsp3) is 0.632. The maximum Gasteiger partial charge on any atom is 0.223 e. The Labute approximate surface area is 147 Å². The van der Waals surface area contributed by atoms with Crippen molar-refractivity contribution in [3.63, 3.8) is 0 Å². The largest absolute Gasteiger partial charge is 0.342 e. The third-order valence-corrected chi connectivity index (χ3v) is 5.10. The minimum absolute atomic E-state index is 0.188. The van der Waals surface area contributed by atoms with Gasteiger partial charge in [0.2, 0.25) is 5.91 Å². The predicted octanol–water partition coefficient (Wildman–Crippen LogP) is 3.16. The second kappa shape index (κ2) is 8.72. The zero-order chi connectivity index (χ0) is 17.6. The Morgan fingerprint density at radius 3 is 2.84 bits per heavy atom. The van der Waals surface area contributed by atoms with E-state index in [2.05, 4.69) is 0 Å². The van der Waals surface area contributed by atoms with Gasteiger partial charge in [0, 0.05) is 32.6 Å². The van der Waals surface area contributed by atoms with Gasteiger partial charge in [-0.3, -0.25) is 9.63 Å². The SMILES string of the molecule is O=C(CCN1CCCO1)N1CCCC(CCc2ccc(F)c(F)c2)C1. The van der Waals surface area contributed by atoms with Crippen LogP contribution in [0.15, 0.2) is 18.2 Å². The third-order valence-electron chi connectivity index (χ3n) is 5.10. The number of rotatable bonds is 6. The van der Waals surface area contributed by atoms with Crippen LogP contribution in [0.25, 0.3) is 0 Å². The lowest BCUT2D eigenvalue weighted by molar-refractivity contribution is -0.140. The summed E-state index contributed by atoms with van der Waals surface area (Å²) in [5.74, 6) is -0.982. The predicted molar refractivity (Wildman–Crippen MR) is 90.7 cm³/mol. The zero-order valence-electron chi connectivity index (χ0n) is 14.6. The van der Waals surface area contributed by atoms with Crippen molar-refractivity contribution >= 4 is 5.91 Å². The van der Waals surface area contributed by atoms with E-state index in [4.69, 9.17) is 4.84 Å². The number of benzene rings is 1. The van der Waals surface area contributed by atoms with Crippen LogP contribution in [0, 0.1) is 17.6 Å². The van der Waals surface area contributed by atoms with E-state index in [0.717, 1.165) is 57.5 Å². The van der Waals surface area contributed by atoms with Gasteiger partial charge in [0.15, 0.2) is 11.6 Å². The smallest absolute Gasteiger partial charge is 0.223 e. The standard InChI is InChI=1S/C19H26F2N2O2/c20-17-7-6-15(13-18(17)21)4-5-16-3-1-9-22(14-16)19(24)8-11-23-10-2-12-25-23/h6-7,13,16H,1-5,8-12,14H2. The van der Waals surface area contributed by atoms with Crippen molar-refractivity contribution in [1.82, 2.24) is 9.96 Å². The Bertz CT molecular complexity index is 591. The molecule has 25 heavy (non-hydrogen) atoms. The number of hydrogen-bond donors (Lipinski definition) is 0. The van der Waals surface area contributed by atoms with Gasteiger partial charge in [-0.05, 0) is 55.7 Å². The van der Waals surface area contributed by atoms with Crippen LogP contribution in [-0.4, -0.2) is 48.7 Å². The van der Waals surface area contributed by atoms with Crippen molar-refractivity contribution in [3.05, 3.63) is 35.4 Å². The average molecular weight is 352 g/mol. The lowest BCUT2D eigenvalue weighted by Gasteiger charge is -2.33. The summed E-state index contributed by atoms with van der Waals surface area (Å²) in [7, 11) is 0. The summed E-state index contributed by atoms with van der Waals surface area (Å²) in [6.45, 7) is 3.91. The van der Waals surface area contributed by atoms with Gasteiger partial charge < -0.3 is 4.90 Å². The van der Waals surface area contributed by atoms with Crippen LogP contribution in [0.1, 0.15) is 37.7 Å². The zero-order valence-corrected chi connectivity index (χ0v) is 14.6. The molecule has 1 amide bonds. The fourth-order valence-electron chi connectivity index (χ4n) is 3.65. The Morgan fingerprint density at radius 2 is 2.08 bits per heavy atom.